The lowest BCUT2D eigenvalue weighted by Crippen LogP contribution is -2.32. The summed E-state index contributed by atoms with van der Waals surface area (Å²) in [7, 11) is 0. The second kappa shape index (κ2) is 8.12. The summed E-state index contributed by atoms with van der Waals surface area (Å²) in [5.74, 6) is -0.653. The monoisotopic (exact) mass is 424 g/mol. The molecule has 32 heavy (non-hydrogen) atoms. The molecule has 0 fully saturated rings. The van der Waals surface area contributed by atoms with Crippen molar-refractivity contribution in [1.29, 1.82) is 0 Å². The minimum Gasteiger partial charge on any atom is -0.350 e. The number of carbonyl (C=O) groups excluding carboxylic acids is 2. The number of nitrogens with one attached hydrogen (secondary N) is 1. The van der Waals surface area contributed by atoms with E-state index in [1.807, 2.05) is 90.1 Å². The average molecular weight is 425 g/mol. The molecular formula is C28H28N2O2. The number of anilines is 2. The minimum absolute atomic E-state index is 0.309. The maximum Gasteiger partial charge on any atom is 0.282 e. The summed E-state index contributed by atoms with van der Waals surface area (Å²) in [6, 6.07) is 17.5. The van der Waals surface area contributed by atoms with Crippen molar-refractivity contribution in [2.24, 2.45) is 0 Å². The Morgan fingerprint density at radius 3 is 1.91 bits per heavy atom. The van der Waals surface area contributed by atoms with Crippen LogP contribution in [0.15, 0.2) is 60.3 Å². The maximum absolute atomic E-state index is 13.7. The lowest BCUT2D eigenvalue weighted by molar-refractivity contribution is -0.120. The van der Waals surface area contributed by atoms with Gasteiger partial charge >= 0.3 is 0 Å². The maximum atomic E-state index is 13.7. The van der Waals surface area contributed by atoms with Crippen LogP contribution in [-0.2, 0) is 9.59 Å². The Kier molecular flexibility index (Phi) is 5.47. The zero-order valence-corrected chi connectivity index (χ0v) is 19.5. The SMILES string of the molecule is Cc1ccc(NC2=C(c3ccc(C)c(C)c3)C(=O)N(c3ccc(C)c(C)c3)C2=O)c(C)c1. The lowest BCUT2D eigenvalue weighted by Gasteiger charge is -2.17. The molecule has 0 aliphatic carbocycles. The Labute approximate surface area is 189 Å². The summed E-state index contributed by atoms with van der Waals surface area (Å²) in [5, 5.41) is 3.29. The van der Waals surface area contributed by atoms with Crippen molar-refractivity contribution in [3.8, 4) is 0 Å². The molecule has 3 aromatic carbocycles. The quantitative estimate of drug-likeness (QED) is 0.528. The van der Waals surface area contributed by atoms with Crippen LogP contribution in [0.1, 0.15) is 38.9 Å². The standard InChI is InChI=1S/C28H28N2O2/c1-16-7-12-24(21(6)13-16)29-26-25(22-10-8-17(2)19(4)14-22)27(31)30(28(26)32)23-11-9-18(3)20(5)15-23/h7-15,29H,1-6H3. The highest BCUT2D eigenvalue weighted by Gasteiger charge is 2.40. The second-order valence-corrected chi connectivity index (χ2v) is 8.71. The molecule has 0 aromatic heterocycles. The van der Waals surface area contributed by atoms with Gasteiger partial charge in [0.15, 0.2) is 0 Å². The Hall–Kier alpha value is -3.66. The molecule has 1 N–H and O–H groups in total. The van der Waals surface area contributed by atoms with E-state index < -0.39 is 0 Å². The van der Waals surface area contributed by atoms with E-state index >= 15 is 0 Å². The van der Waals surface area contributed by atoms with Gasteiger partial charge in [-0.3, -0.25) is 9.59 Å². The van der Waals surface area contributed by atoms with Crippen molar-refractivity contribution in [2.45, 2.75) is 41.5 Å². The van der Waals surface area contributed by atoms with Crippen LogP contribution in [-0.4, -0.2) is 11.8 Å². The molecule has 1 aliphatic heterocycles. The van der Waals surface area contributed by atoms with Gasteiger partial charge in [-0.25, -0.2) is 4.90 Å². The highest BCUT2D eigenvalue weighted by atomic mass is 16.2. The first-order chi connectivity index (χ1) is 15.2. The largest absolute Gasteiger partial charge is 0.350 e. The Balaban J connectivity index is 1.87. The second-order valence-electron chi connectivity index (χ2n) is 8.71. The van der Waals surface area contributed by atoms with E-state index in [1.54, 1.807) is 0 Å². The smallest absolute Gasteiger partial charge is 0.282 e. The van der Waals surface area contributed by atoms with Gasteiger partial charge in [0.05, 0.1) is 11.3 Å². The number of rotatable bonds is 4. The average Bonchev–Trinajstić information content (AvgIpc) is 2.98. The van der Waals surface area contributed by atoms with Gasteiger partial charge in [0, 0.05) is 5.69 Å². The Morgan fingerprint density at radius 1 is 0.625 bits per heavy atom. The van der Waals surface area contributed by atoms with E-state index in [-0.39, 0.29) is 11.8 Å². The fraction of sp³-hybridized carbons (Fsp3) is 0.214. The van der Waals surface area contributed by atoms with E-state index in [4.69, 9.17) is 0 Å². The van der Waals surface area contributed by atoms with Crippen molar-refractivity contribution >= 4 is 28.8 Å². The zero-order valence-electron chi connectivity index (χ0n) is 19.5. The first-order valence-corrected chi connectivity index (χ1v) is 10.8. The van der Waals surface area contributed by atoms with Gasteiger partial charge in [-0.05, 0) is 93.1 Å². The van der Waals surface area contributed by atoms with E-state index in [2.05, 4.69) is 11.4 Å². The molecule has 4 rings (SSSR count). The van der Waals surface area contributed by atoms with E-state index in [0.717, 1.165) is 44.6 Å². The van der Waals surface area contributed by atoms with Gasteiger partial charge < -0.3 is 5.32 Å². The summed E-state index contributed by atoms with van der Waals surface area (Å²) in [5.41, 5.74) is 9.37. The van der Waals surface area contributed by atoms with E-state index in [1.165, 1.54) is 4.90 Å². The molecule has 4 heteroatoms. The zero-order chi connectivity index (χ0) is 23.2. The molecule has 1 aliphatic rings. The van der Waals surface area contributed by atoms with Crippen LogP contribution in [0.5, 0.6) is 0 Å². The van der Waals surface area contributed by atoms with Crippen molar-refractivity contribution in [2.75, 3.05) is 10.2 Å². The number of carbonyl (C=O) groups is 2. The van der Waals surface area contributed by atoms with Crippen LogP contribution in [0, 0.1) is 41.5 Å². The number of hydrogen-bond donors (Lipinski definition) is 1. The van der Waals surface area contributed by atoms with Gasteiger partial charge in [0.2, 0.25) is 0 Å². The fourth-order valence-electron chi connectivity index (χ4n) is 4.00. The Bertz CT molecular complexity index is 1300. The summed E-state index contributed by atoms with van der Waals surface area (Å²) >= 11 is 0. The molecule has 3 aromatic rings. The number of aryl methyl sites for hydroxylation is 6. The molecule has 0 spiro atoms. The van der Waals surface area contributed by atoms with Crippen molar-refractivity contribution < 1.29 is 9.59 Å². The third-order valence-electron chi connectivity index (χ3n) is 6.27. The molecule has 0 radical (unpaired) electrons. The molecule has 162 valence electrons. The predicted octanol–water partition coefficient (Wildman–Crippen LogP) is 5.93. The van der Waals surface area contributed by atoms with Crippen LogP contribution < -0.4 is 10.2 Å². The van der Waals surface area contributed by atoms with E-state index in [0.29, 0.717) is 17.0 Å². The third kappa shape index (κ3) is 3.73. The van der Waals surface area contributed by atoms with Crippen LogP contribution >= 0.6 is 0 Å². The molecular weight excluding hydrogens is 396 g/mol. The van der Waals surface area contributed by atoms with Crippen molar-refractivity contribution in [3.63, 3.8) is 0 Å². The highest BCUT2D eigenvalue weighted by Crippen LogP contribution is 2.35. The summed E-state index contributed by atoms with van der Waals surface area (Å²) in [6.07, 6.45) is 0. The first kappa shape index (κ1) is 21.6. The molecule has 4 nitrogen and oxygen atoms in total. The van der Waals surface area contributed by atoms with Crippen LogP contribution in [0.3, 0.4) is 0 Å². The summed E-state index contributed by atoms with van der Waals surface area (Å²) < 4.78 is 0. The molecule has 0 bridgehead atoms. The normalized spacial score (nSPS) is 13.9. The van der Waals surface area contributed by atoms with Crippen molar-refractivity contribution in [1.82, 2.24) is 0 Å². The molecule has 0 unspecified atom stereocenters. The van der Waals surface area contributed by atoms with Gasteiger partial charge in [-0.15, -0.1) is 0 Å². The topological polar surface area (TPSA) is 49.4 Å². The predicted molar refractivity (Wildman–Crippen MR) is 131 cm³/mol. The molecule has 2 amide bonds. The minimum atomic E-state index is -0.341. The first-order valence-electron chi connectivity index (χ1n) is 10.8. The number of benzene rings is 3. The van der Waals surface area contributed by atoms with Crippen molar-refractivity contribution in [3.05, 3.63) is 99.2 Å². The van der Waals surface area contributed by atoms with Gasteiger partial charge in [0.25, 0.3) is 11.8 Å². The number of amides is 2. The van der Waals surface area contributed by atoms with Gasteiger partial charge in [0.1, 0.15) is 5.70 Å². The van der Waals surface area contributed by atoms with Crippen LogP contribution in [0.25, 0.3) is 5.57 Å². The molecule has 0 atom stereocenters. The summed E-state index contributed by atoms with van der Waals surface area (Å²) in [4.78, 5) is 28.6. The van der Waals surface area contributed by atoms with Crippen LogP contribution in [0.4, 0.5) is 11.4 Å². The number of hydrogen-bond acceptors (Lipinski definition) is 3. The molecule has 0 saturated carbocycles. The molecule has 0 saturated heterocycles. The fourth-order valence-corrected chi connectivity index (χ4v) is 4.00. The Morgan fingerprint density at radius 2 is 1.28 bits per heavy atom. The number of imide groups is 1. The molecule has 1 heterocycles. The van der Waals surface area contributed by atoms with Gasteiger partial charge in [-0.2, -0.15) is 0 Å². The lowest BCUT2D eigenvalue weighted by atomic mass is 9.99. The van der Waals surface area contributed by atoms with E-state index in [9.17, 15) is 9.59 Å². The number of nitrogens with zero attached hydrogens (tertiary/aromatic N) is 1. The third-order valence-corrected chi connectivity index (χ3v) is 6.27. The highest BCUT2D eigenvalue weighted by molar-refractivity contribution is 6.46. The van der Waals surface area contributed by atoms with Gasteiger partial charge in [-0.1, -0.05) is 42.0 Å². The summed E-state index contributed by atoms with van der Waals surface area (Å²) in [6.45, 7) is 12.1. The van der Waals surface area contributed by atoms with Crippen LogP contribution in [0.2, 0.25) is 0 Å².